The number of carbonyl (C=O) groups is 1. The number of amides is 1. The summed E-state index contributed by atoms with van der Waals surface area (Å²) < 4.78 is 0. The Hall–Kier alpha value is -1.28. The summed E-state index contributed by atoms with van der Waals surface area (Å²) >= 11 is 5.57. The fraction of sp³-hybridized carbons (Fsp3) is 0.250. The van der Waals surface area contributed by atoms with Gasteiger partial charge in [0, 0.05) is 18.0 Å². The van der Waals surface area contributed by atoms with Gasteiger partial charge in [0.25, 0.3) is 5.91 Å². The highest BCUT2D eigenvalue weighted by molar-refractivity contribution is 6.17. The number of benzene rings is 1. The molecule has 0 bridgehead atoms. The molecule has 0 saturated carbocycles. The number of nitrogens with one attached hydrogen (secondary N) is 1. The number of hydrogen-bond acceptors (Lipinski definition) is 1. The van der Waals surface area contributed by atoms with Gasteiger partial charge in [0.1, 0.15) is 0 Å². The highest BCUT2D eigenvalue weighted by atomic mass is 35.5. The van der Waals surface area contributed by atoms with Crippen molar-refractivity contribution in [2.24, 2.45) is 0 Å². The van der Waals surface area contributed by atoms with E-state index >= 15 is 0 Å². The molecule has 0 atom stereocenters. The molecule has 0 aliphatic carbocycles. The van der Waals surface area contributed by atoms with Crippen molar-refractivity contribution >= 4 is 23.6 Å². The lowest BCUT2D eigenvalue weighted by Crippen LogP contribution is -2.12. The number of fused-ring (bicyclic) bond motifs is 1. The van der Waals surface area contributed by atoms with E-state index in [4.69, 9.17) is 11.6 Å². The maximum absolute atomic E-state index is 11.3. The van der Waals surface area contributed by atoms with Gasteiger partial charge in [-0.05, 0) is 29.7 Å². The molecule has 0 saturated heterocycles. The van der Waals surface area contributed by atoms with Gasteiger partial charge >= 0.3 is 0 Å². The second-order valence-corrected chi connectivity index (χ2v) is 3.86. The lowest BCUT2D eigenvalue weighted by Gasteiger charge is -1.97. The van der Waals surface area contributed by atoms with Gasteiger partial charge in [-0.3, -0.25) is 4.79 Å². The van der Waals surface area contributed by atoms with Gasteiger partial charge in [-0.1, -0.05) is 18.2 Å². The van der Waals surface area contributed by atoms with Crippen LogP contribution >= 0.6 is 11.6 Å². The van der Waals surface area contributed by atoms with E-state index in [9.17, 15) is 4.79 Å². The summed E-state index contributed by atoms with van der Waals surface area (Å²) in [5.74, 6) is 0.669. The van der Waals surface area contributed by atoms with E-state index in [0.717, 1.165) is 23.1 Å². The van der Waals surface area contributed by atoms with Crippen LogP contribution in [0.2, 0.25) is 0 Å². The van der Waals surface area contributed by atoms with Gasteiger partial charge in [-0.25, -0.2) is 0 Å². The molecule has 2 nitrogen and oxygen atoms in total. The van der Waals surface area contributed by atoms with Crippen LogP contribution in [-0.2, 0) is 6.54 Å². The van der Waals surface area contributed by atoms with Gasteiger partial charge < -0.3 is 5.32 Å². The molecule has 15 heavy (non-hydrogen) atoms. The third-order valence-electron chi connectivity index (χ3n) is 2.40. The molecular weight excluding hydrogens is 210 g/mol. The number of alkyl halides is 1. The van der Waals surface area contributed by atoms with Crippen molar-refractivity contribution in [2.45, 2.75) is 13.0 Å². The molecule has 3 heteroatoms. The molecule has 0 unspecified atom stereocenters. The minimum absolute atomic E-state index is 0.0290. The Morgan fingerprint density at radius 1 is 1.47 bits per heavy atom. The molecule has 0 aromatic heterocycles. The van der Waals surface area contributed by atoms with E-state index in [2.05, 4.69) is 5.32 Å². The van der Waals surface area contributed by atoms with E-state index < -0.39 is 0 Å². The summed E-state index contributed by atoms with van der Waals surface area (Å²) in [4.78, 5) is 11.3. The molecule has 0 radical (unpaired) electrons. The van der Waals surface area contributed by atoms with E-state index in [0.29, 0.717) is 12.4 Å². The van der Waals surface area contributed by atoms with Crippen LogP contribution in [0.15, 0.2) is 24.3 Å². The normalized spacial score (nSPS) is 14.3. The van der Waals surface area contributed by atoms with Crippen LogP contribution in [0.1, 0.15) is 27.9 Å². The molecule has 1 aliphatic rings. The van der Waals surface area contributed by atoms with E-state index in [1.807, 2.05) is 30.4 Å². The summed E-state index contributed by atoms with van der Waals surface area (Å²) in [5.41, 5.74) is 2.99. The average Bonchev–Trinajstić information content (AvgIpc) is 2.61. The number of hydrogen-bond donors (Lipinski definition) is 1. The first kappa shape index (κ1) is 10.2. The molecule has 0 spiro atoms. The number of allylic oxidation sites excluding steroid dienone is 1. The average molecular weight is 222 g/mol. The Bertz CT molecular complexity index is 412. The number of rotatable bonds is 3. The molecule has 0 fully saturated rings. The van der Waals surface area contributed by atoms with E-state index in [-0.39, 0.29) is 5.91 Å². The number of halogens is 1. The zero-order valence-electron chi connectivity index (χ0n) is 8.29. The minimum atomic E-state index is 0.0290. The van der Waals surface area contributed by atoms with Gasteiger partial charge in [-0.15, -0.1) is 11.6 Å². The highest BCUT2D eigenvalue weighted by Gasteiger charge is 2.17. The first-order valence-corrected chi connectivity index (χ1v) is 5.48. The van der Waals surface area contributed by atoms with Crippen molar-refractivity contribution in [2.75, 3.05) is 5.88 Å². The van der Waals surface area contributed by atoms with Crippen molar-refractivity contribution in [3.05, 3.63) is 41.0 Å². The zero-order chi connectivity index (χ0) is 10.7. The maximum Gasteiger partial charge on any atom is 0.251 e. The van der Waals surface area contributed by atoms with Crippen LogP contribution in [-0.4, -0.2) is 11.8 Å². The summed E-state index contributed by atoms with van der Waals surface area (Å²) in [5, 5.41) is 2.80. The molecule has 1 aromatic rings. The SMILES string of the molecule is O=C1NCc2cc(C=CCCCl)ccc21. The topological polar surface area (TPSA) is 29.1 Å². The fourth-order valence-electron chi connectivity index (χ4n) is 1.64. The Balaban J connectivity index is 2.19. The van der Waals surface area contributed by atoms with Crippen LogP contribution in [0.25, 0.3) is 6.08 Å². The van der Waals surface area contributed by atoms with Crippen LogP contribution in [0.5, 0.6) is 0 Å². The van der Waals surface area contributed by atoms with Crippen LogP contribution in [0.4, 0.5) is 0 Å². The second kappa shape index (κ2) is 4.49. The molecule has 2 rings (SSSR count). The molecule has 1 amide bonds. The molecule has 78 valence electrons. The molecule has 1 aliphatic heterocycles. The predicted octanol–water partition coefficient (Wildman–Crippen LogP) is 2.57. The molecule has 1 N–H and O–H groups in total. The second-order valence-electron chi connectivity index (χ2n) is 3.48. The van der Waals surface area contributed by atoms with Crippen molar-refractivity contribution in [1.29, 1.82) is 0 Å². The fourth-order valence-corrected chi connectivity index (χ4v) is 1.76. The maximum atomic E-state index is 11.3. The first-order chi connectivity index (χ1) is 7.31. The lowest BCUT2D eigenvalue weighted by molar-refractivity contribution is 0.0966. The molecule has 1 heterocycles. The first-order valence-electron chi connectivity index (χ1n) is 4.95. The largest absolute Gasteiger partial charge is 0.348 e. The van der Waals surface area contributed by atoms with Crippen molar-refractivity contribution in [3.8, 4) is 0 Å². The van der Waals surface area contributed by atoms with Gasteiger partial charge in [0.15, 0.2) is 0 Å². The Kier molecular flexibility index (Phi) is 3.07. The van der Waals surface area contributed by atoms with Crippen molar-refractivity contribution in [3.63, 3.8) is 0 Å². The monoisotopic (exact) mass is 221 g/mol. The Morgan fingerprint density at radius 2 is 2.33 bits per heavy atom. The number of carbonyl (C=O) groups excluding carboxylic acids is 1. The Labute approximate surface area is 93.9 Å². The molecule has 1 aromatic carbocycles. The summed E-state index contributed by atoms with van der Waals surface area (Å²) in [6.45, 7) is 0.644. The van der Waals surface area contributed by atoms with Crippen LogP contribution < -0.4 is 5.32 Å². The minimum Gasteiger partial charge on any atom is -0.348 e. The van der Waals surface area contributed by atoms with Gasteiger partial charge in [0.05, 0.1) is 0 Å². The van der Waals surface area contributed by atoms with Crippen LogP contribution in [0, 0.1) is 0 Å². The van der Waals surface area contributed by atoms with Gasteiger partial charge in [0.2, 0.25) is 0 Å². The summed E-state index contributed by atoms with van der Waals surface area (Å²) in [6, 6.07) is 5.87. The summed E-state index contributed by atoms with van der Waals surface area (Å²) in [7, 11) is 0. The third kappa shape index (κ3) is 2.21. The predicted molar refractivity (Wildman–Crippen MR) is 62.0 cm³/mol. The van der Waals surface area contributed by atoms with Crippen molar-refractivity contribution in [1.82, 2.24) is 5.32 Å². The van der Waals surface area contributed by atoms with Crippen LogP contribution in [0.3, 0.4) is 0 Å². The lowest BCUT2D eigenvalue weighted by atomic mass is 10.1. The quantitative estimate of drug-likeness (QED) is 0.781. The Morgan fingerprint density at radius 3 is 3.13 bits per heavy atom. The third-order valence-corrected chi connectivity index (χ3v) is 2.62. The van der Waals surface area contributed by atoms with E-state index in [1.54, 1.807) is 0 Å². The van der Waals surface area contributed by atoms with E-state index in [1.165, 1.54) is 0 Å². The van der Waals surface area contributed by atoms with Gasteiger partial charge in [-0.2, -0.15) is 0 Å². The summed E-state index contributed by atoms with van der Waals surface area (Å²) in [6.07, 6.45) is 4.94. The zero-order valence-corrected chi connectivity index (χ0v) is 9.05. The highest BCUT2D eigenvalue weighted by Crippen LogP contribution is 2.18. The smallest absolute Gasteiger partial charge is 0.251 e. The standard InChI is InChI=1S/C12H12ClNO/c13-6-2-1-3-9-4-5-11-10(7-9)8-14-12(11)15/h1,3-5,7H,2,6,8H2,(H,14,15). The molecular formula is C12H12ClNO. The van der Waals surface area contributed by atoms with Crippen molar-refractivity contribution < 1.29 is 4.79 Å².